The lowest BCUT2D eigenvalue weighted by Crippen LogP contribution is -2.18. The molecule has 2 heteroatoms. The second kappa shape index (κ2) is 7.28. The number of aromatic hydroxyl groups is 1. The van der Waals surface area contributed by atoms with Crippen molar-refractivity contribution < 1.29 is 5.11 Å². The summed E-state index contributed by atoms with van der Waals surface area (Å²) in [5.41, 5.74) is 3.89. The molecule has 0 spiro atoms. The number of rotatable bonds is 6. The van der Waals surface area contributed by atoms with Crippen LogP contribution in [0.3, 0.4) is 0 Å². The van der Waals surface area contributed by atoms with E-state index in [0.29, 0.717) is 17.7 Å². The van der Waals surface area contributed by atoms with Gasteiger partial charge in [0.2, 0.25) is 0 Å². The SMILES string of the molecule is CC(C)Cc1ccc(C(C)NCc2ccc(O)cc2)cc1. The molecule has 1 unspecified atom stereocenters. The van der Waals surface area contributed by atoms with Gasteiger partial charge < -0.3 is 10.4 Å². The first-order chi connectivity index (χ1) is 10.0. The molecular formula is C19H25NO. The molecule has 0 aliphatic heterocycles. The Labute approximate surface area is 127 Å². The van der Waals surface area contributed by atoms with Crippen LogP contribution in [0.25, 0.3) is 0 Å². The smallest absolute Gasteiger partial charge is 0.115 e. The number of benzene rings is 2. The zero-order valence-electron chi connectivity index (χ0n) is 13.1. The molecule has 2 aromatic rings. The largest absolute Gasteiger partial charge is 0.508 e. The lowest BCUT2D eigenvalue weighted by atomic mass is 10.00. The summed E-state index contributed by atoms with van der Waals surface area (Å²) < 4.78 is 0. The summed E-state index contributed by atoms with van der Waals surface area (Å²) in [6.45, 7) is 7.47. The molecule has 0 fully saturated rings. The first-order valence-corrected chi connectivity index (χ1v) is 7.64. The number of nitrogens with one attached hydrogen (secondary N) is 1. The highest BCUT2D eigenvalue weighted by molar-refractivity contribution is 5.27. The van der Waals surface area contributed by atoms with Crippen LogP contribution in [0.2, 0.25) is 0 Å². The van der Waals surface area contributed by atoms with Gasteiger partial charge in [0, 0.05) is 12.6 Å². The van der Waals surface area contributed by atoms with Gasteiger partial charge >= 0.3 is 0 Å². The molecule has 2 N–H and O–H groups in total. The first-order valence-electron chi connectivity index (χ1n) is 7.64. The molecule has 0 aliphatic rings. The third-order valence-electron chi connectivity index (χ3n) is 3.67. The highest BCUT2D eigenvalue weighted by Crippen LogP contribution is 2.16. The number of hydrogen-bond donors (Lipinski definition) is 2. The predicted molar refractivity (Wildman–Crippen MR) is 88.3 cm³/mol. The Hall–Kier alpha value is -1.80. The molecule has 112 valence electrons. The molecule has 0 bridgehead atoms. The third-order valence-corrected chi connectivity index (χ3v) is 3.67. The molecule has 0 aromatic heterocycles. The van der Waals surface area contributed by atoms with E-state index in [-0.39, 0.29) is 0 Å². The van der Waals surface area contributed by atoms with Crippen molar-refractivity contribution in [3.8, 4) is 5.75 Å². The van der Waals surface area contributed by atoms with E-state index in [1.807, 2.05) is 12.1 Å². The summed E-state index contributed by atoms with van der Waals surface area (Å²) >= 11 is 0. The molecule has 0 aliphatic carbocycles. The number of phenols is 1. The minimum absolute atomic E-state index is 0.312. The summed E-state index contributed by atoms with van der Waals surface area (Å²) in [6.07, 6.45) is 1.13. The van der Waals surface area contributed by atoms with Crippen LogP contribution in [0.15, 0.2) is 48.5 Å². The fraction of sp³-hybridized carbons (Fsp3) is 0.368. The maximum atomic E-state index is 9.28. The van der Waals surface area contributed by atoms with Gasteiger partial charge in [-0.25, -0.2) is 0 Å². The van der Waals surface area contributed by atoms with Crippen LogP contribution in [-0.4, -0.2) is 5.11 Å². The van der Waals surface area contributed by atoms with Gasteiger partial charge in [-0.15, -0.1) is 0 Å². The van der Waals surface area contributed by atoms with Crippen molar-refractivity contribution >= 4 is 0 Å². The lowest BCUT2D eigenvalue weighted by molar-refractivity contribution is 0.474. The minimum atomic E-state index is 0.312. The van der Waals surface area contributed by atoms with Crippen LogP contribution < -0.4 is 5.32 Å². The van der Waals surface area contributed by atoms with Gasteiger partial charge in [0.15, 0.2) is 0 Å². The average Bonchev–Trinajstić information content (AvgIpc) is 2.46. The molecule has 0 amide bonds. The highest BCUT2D eigenvalue weighted by atomic mass is 16.3. The fourth-order valence-electron chi connectivity index (χ4n) is 2.42. The van der Waals surface area contributed by atoms with Crippen LogP contribution in [0.1, 0.15) is 43.5 Å². The van der Waals surface area contributed by atoms with Crippen molar-refractivity contribution in [2.24, 2.45) is 5.92 Å². The molecule has 21 heavy (non-hydrogen) atoms. The van der Waals surface area contributed by atoms with Gasteiger partial charge in [0.1, 0.15) is 5.75 Å². The van der Waals surface area contributed by atoms with E-state index in [2.05, 4.69) is 50.4 Å². The van der Waals surface area contributed by atoms with Crippen molar-refractivity contribution in [1.82, 2.24) is 5.32 Å². The average molecular weight is 283 g/mol. The van der Waals surface area contributed by atoms with Crippen molar-refractivity contribution in [2.75, 3.05) is 0 Å². The van der Waals surface area contributed by atoms with E-state index in [0.717, 1.165) is 13.0 Å². The highest BCUT2D eigenvalue weighted by Gasteiger charge is 2.05. The van der Waals surface area contributed by atoms with Gasteiger partial charge in [-0.05, 0) is 48.1 Å². The summed E-state index contributed by atoms with van der Waals surface area (Å²) in [7, 11) is 0. The Morgan fingerprint density at radius 2 is 1.43 bits per heavy atom. The zero-order chi connectivity index (χ0) is 15.2. The summed E-state index contributed by atoms with van der Waals surface area (Å²) in [6, 6.07) is 16.5. The van der Waals surface area contributed by atoms with Crippen molar-refractivity contribution in [3.05, 3.63) is 65.2 Å². The molecule has 1 atom stereocenters. The molecule has 2 aromatic carbocycles. The van der Waals surface area contributed by atoms with Gasteiger partial charge in [0.05, 0.1) is 0 Å². The van der Waals surface area contributed by atoms with Crippen molar-refractivity contribution in [2.45, 2.75) is 39.8 Å². The standard InChI is InChI=1S/C19H25NO/c1-14(2)12-16-4-8-18(9-5-16)15(3)20-13-17-6-10-19(21)11-7-17/h4-11,14-15,20-21H,12-13H2,1-3H3. The van der Waals surface area contributed by atoms with E-state index in [1.54, 1.807) is 12.1 Å². The number of hydrogen-bond acceptors (Lipinski definition) is 2. The van der Waals surface area contributed by atoms with Gasteiger partial charge in [-0.1, -0.05) is 50.2 Å². The van der Waals surface area contributed by atoms with E-state index in [9.17, 15) is 5.11 Å². The number of phenolic OH excluding ortho intramolecular Hbond substituents is 1. The van der Waals surface area contributed by atoms with Crippen molar-refractivity contribution in [3.63, 3.8) is 0 Å². The van der Waals surface area contributed by atoms with Crippen molar-refractivity contribution in [1.29, 1.82) is 0 Å². The van der Waals surface area contributed by atoms with E-state index in [4.69, 9.17) is 0 Å². The Kier molecular flexibility index (Phi) is 5.40. The maximum absolute atomic E-state index is 9.28. The summed E-state index contributed by atoms with van der Waals surface area (Å²) in [5, 5.41) is 12.8. The van der Waals surface area contributed by atoms with Crippen LogP contribution >= 0.6 is 0 Å². The second-order valence-corrected chi connectivity index (χ2v) is 6.11. The lowest BCUT2D eigenvalue weighted by Gasteiger charge is -2.15. The fourth-order valence-corrected chi connectivity index (χ4v) is 2.42. The first kappa shape index (κ1) is 15.6. The Morgan fingerprint density at radius 3 is 2.00 bits per heavy atom. The molecule has 0 saturated carbocycles. The molecule has 0 saturated heterocycles. The second-order valence-electron chi connectivity index (χ2n) is 6.11. The monoisotopic (exact) mass is 283 g/mol. The molecule has 0 radical (unpaired) electrons. The van der Waals surface area contributed by atoms with Crippen LogP contribution in [-0.2, 0) is 13.0 Å². The van der Waals surface area contributed by atoms with Crippen LogP contribution in [0.4, 0.5) is 0 Å². The topological polar surface area (TPSA) is 32.3 Å². The Balaban J connectivity index is 1.90. The van der Waals surface area contributed by atoms with Gasteiger partial charge in [-0.3, -0.25) is 0 Å². The van der Waals surface area contributed by atoms with Crippen LogP contribution in [0.5, 0.6) is 5.75 Å². The zero-order valence-corrected chi connectivity index (χ0v) is 13.1. The van der Waals surface area contributed by atoms with Gasteiger partial charge in [0.25, 0.3) is 0 Å². The molecule has 0 heterocycles. The minimum Gasteiger partial charge on any atom is -0.508 e. The third kappa shape index (κ3) is 4.91. The van der Waals surface area contributed by atoms with E-state index in [1.165, 1.54) is 16.7 Å². The predicted octanol–water partition coefficient (Wildman–Crippen LogP) is 4.44. The van der Waals surface area contributed by atoms with Crippen LogP contribution in [0, 0.1) is 5.92 Å². The Bertz CT molecular complexity index is 543. The summed E-state index contributed by atoms with van der Waals surface area (Å²) in [5.74, 6) is 1.01. The normalized spacial score (nSPS) is 12.6. The summed E-state index contributed by atoms with van der Waals surface area (Å²) in [4.78, 5) is 0. The van der Waals surface area contributed by atoms with E-state index < -0.39 is 0 Å². The Morgan fingerprint density at radius 1 is 0.857 bits per heavy atom. The molecule has 2 nitrogen and oxygen atoms in total. The van der Waals surface area contributed by atoms with Gasteiger partial charge in [-0.2, -0.15) is 0 Å². The molecule has 2 rings (SSSR count). The quantitative estimate of drug-likeness (QED) is 0.821. The maximum Gasteiger partial charge on any atom is 0.115 e. The van der Waals surface area contributed by atoms with E-state index >= 15 is 0 Å². The molecular weight excluding hydrogens is 258 g/mol.